The molecular weight excluding hydrogens is 407 g/mol. The molecule has 0 bridgehead atoms. The zero-order chi connectivity index (χ0) is 19.6. The molecule has 0 saturated carbocycles. The summed E-state index contributed by atoms with van der Waals surface area (Å²) in [6, 6.07) is 12.5. The van der Waals surface area contributed by atoms with Crippen molar-refractivity contribution < 1.29 is 9.53 Å². The molecule has 0 fully saturated rings. The summed E-state index contributed by atoms with van der Waals surface area (Å²) in [5, 5.41) is 1.59. The minimum Gasteiger partial charge on any atom is -0.461 e. The summed E-state index contributed by atoms with van der Waals surface area (Å²) >= 11 is 18.5. The number of halogens is 3. The molecular formula is C20H17Cl3N2O2. The number of esters is 1. The predicted octanol–water partition coefficient (Wildman–Crippen LogP) is 6.24. The summed E-state index contributed by atoms with van der Waals surface area (Å²) < 4.78 is 7.09. The molecule has 27 heavy (non-hydrogen) atoms. The van der Waals surface area contributed by atoms with Gasteiger partial charge in [-0.2, -0.15) is 0 Å². The third-order valence-corrected chi connectivity index (χ3v) is 4.83. The minimum absolute atomic E-state index is 0.271. The Morgan fingerprint density at radius 2 is 1.70 bits per heavy atom. The number of benzene rings is 2. The van der Waals surface area contributed by atoms with Gasteiger partial charge >= 0.3 is 5.97 Å². The van der Waals surface area contributed by atoms with Crippen molar-refractivity contribution in [3.05, 3.63) is 68.9 Å². The second kappa shape index (κ2) is 8.34. The molecule has 7 heteroatoms. The Morgan fingerprint density at radius 1 is 1.04 bits per heavy atom. The summed E-state index contributed by atoms with van der Waals surface area (Å²) in [5.74, 6) is 0.0762. The van der Waals surface area contributed by atoms with Crippen LogP contribution in [0.4, 0.5) is 0 Å². The number of hydrogen-bond acceptors (Lipinski definition) is 3. The molecule has 140 valence electrons. The maximum absolute atomic E-state index is 12.5. The van der Waals surface area contributed by atoms with E-state index in [0.717, 1.165) is 11.4 Å². The van der Waals surface area contributed by atoms with Crippen LogP contribution in [-0.2, 0) is 11.2 Å². The minimum atomic E-state index is -0.464. The number of carbonyl (C=O) groups excluding carboxylic acids is 1. The van der Waals surface area contributed by atoms with Crippen molar-refractivity contribution in [1.29, 1.82) is 0 Å². The van der Waals surface area contributed by atoms with Crippen LogP contribution in [0, 0.1) is 0 Å². The molecule has 3 aromatic rings. The lowest BCUT2D eigenvalue weighted by molar-refractivity contribution is 0.0518. The van der Waals surface area contributed by atoms with Crippen molar-refractivity contribution in [1.82, 2.24) is 9.55 Å². The van der Waals surface area contributed by atoms with Crippen LogP contribution in [-0.4, -0.2) is 22.1 Å². The Balaban J connectivity index is 2.30. The summed E-state index contributed by atoms with van der Waals surface area (Å²) in [4.78, 5) is 17.1. The molecule has 0 atom stereocenters. The molecule has 0 aliphatic rings. The van der Waals surface area contributed by atoms with Gasteiger partial charge < -0.3 is 4.74 Å². The Bertz CT molecular complexity index is 982. The van der Waals surface area contributed by atoms with E-state index in [2.05, 4.69) is 4.98 Å². The van der Waals surface area contributed by atoms with Crippen molar-refractivity contribution in [2.75, 3.05) is 6.61 Å². The van der Waals surface area contributed by atoms with Gasteiger partial charge in [0.05, 0.1) is 17.3 Å². The van der Waals surface area contributed by atoms with E-state index in [9.17, 15) is 4.79 Å². The van der Waals surface area contributed by atoms with Gasteiger partial charge in [0.2, 0.25) is 0 Å². The fraction of sp³-hybridized carbons (Fsp3) is 0.200. The molecule has 1 heterocycles. The van der Waals surface area contributed by atoms with Crippen LogP contribution in [0.1, 0.15) is 30.0 Å². The number of ether oxygens (including phenoxy) is 1. The molecule has 0 saturated heterocycles. The second-order valence-corrected chi connectivity index (χ2v) is 7.02. The molecule has 0 radical (unpaired) electrons. The number of rotatable bonds is 5. The summed E-state index contributed by atoms with van der Waals surface area (Å²) in [7, 11) is 0. The molecule has 1 aromatic heterocycles. The lowest BCUT2D eigenvalue weighted by Crippen LogP contribution is -2.09. The van der Waals surface area contributed by atoms with Crippen LogP contribution in [0.2, 0.25) is 15.1 Å². The van der Waals surface area contributed by atoms with E-state index < -0.39 is 5.97 Å². The van der Waals surface area contributed by atoms with Gasteiger partial charge in [-0.05, 0) is 55.8 Å². The van der Waals surface area contributed by atoms with Gasteiger partial charge in [-0.3, -0.25) is 4.57 Å². The lowest BCUT2D eigenvalue weighted by atomic mass is 10.2. The van der Waals surface area contributed by atoms with Crippen molar-refractivity contribution in [3.63, 3.8) is 0 Å². The van der Waals surface area contributed by atoms with Gasteiger partial charge in [0.25, 0.3) is 0 Å². The highest BCUT2D eigenvalue weighted by Gasteiger charge is 2.25. The number of nitrogens with zero attached hydrogens (tertiary/aromatic N) is 2. The van der Waals surface area contributed by atoms with Crippen LogP contribution >= 0.6 is 34.8 Å². The average Bonchev–Trinajstić information content (AvgIpc) is 3.02. The number of carbonyl (C=O) groups is 1. The SMILES string of the molecule is CCOC(=O)c1nc(-c2ccc(Cl)cc2Cl)n(-c2ccc(Cl)cc2)c1CC. The fourth-order valence-electron chi connectivity index (χ4n) is 2.86. The Morgan fingerprint density at radius 3 is 2.30 bits per heavy atom. The second-order valence-electron chi connectivity index (χ2n) is 5.74. The Labute approximate surface area is 172 Å². The third kappa shape index (κ3) is 3.98. The zero-order valence-corrected chi connectivity index (χ0v) is 17.1. The quantitative estimate of drug-likeness (QED) is 0.456. The summed E-state index contributed by atoms with van der Waals surface area (Å²) in [5.41, 5.74) is 2.49. The highest BCUT2D eigenvalue weighted by atomic mass is 35.5. The topological polar surface area (TPSA) is 44.1 Å². The van der Waals surface area contributed by atoms with Crippen molar-refractivity contribution >= 4 is 40.8 Å². The maximum Gasteiger partial charge on any atom is 0.358 e. The van der Waals surface area contributed by atoms with Crippen LogP contribution in [0.25, 0.3) is 17.1 Å². The highest BCUT2D eigenvalue weighted by Crippen LogP contribution is 2.34. The molecule has 0 aliphatic carbocycles. The fourth-order valence-corrected chi connectivity index (χ4v) is 3.48. The maximum atomic E-state index is 12.5. The number of imidazole rings is 1. The molecule has 0 amide bonds. The van der Waals surface area contributed by atoms with Gasteiger partial charge in [-0.25, -0.2) is 9.78 Å². The molecule has 3 rings (SSSR count). The standard InChI is InChI=1S/C20H17Cl3N2O2/c1-3-17-18(20(26)27-4-2)24-19(15-10-7-13(22)11-16(15)23)25(17)14-8-5-12(21)6-9-14/h5-11H,3-4H2,1-2H3. The predicted molar refractivity (Wildman–Crippen MR) is 109 cm³/mol. The third-order valence-electron chi connectivity index (χ3n) is 4.03. The van der Waals surface area contributed by atoms with Gasteiger partial charge in [0.1, 0.15) is 5.82 Å². The van der Waals surface area contributed by atoms with Crippen LogP contribution in [0.3, 0.4) is 0 Å². The normalized spacial score (nSPS) is 10.9. The molecule has 2 aromatic carbocycles. The number of hydrogen-bond donors (Lipinski definition) is 0. The van der Waals surface area contributed by atoms with Gasteiger partial charge in [0.15, 0.2) is 5.69 Å². The average molecular weight is 424 g/mol. The highest BCUT2D eigenvalue weighted by molar-refractivity contribution is 6.36. The van der Waals surface area contributed by atoms with Crippen LogP contribution in [0.5, 0.6) is 0 Å². The van der Waals surface area contributed by atoms with Gasteiger partial charge in [-0.15, -0.1) is 0 Å². The largest absolute Gasteiger partial charge is 0.461 e. The zero-order valence-electron chi connectivity index (χ0n) is 14.8. The van der Waals surface area contributed by atoms with Crippen LogP contribution in [0.15, 0.2) is 42.5 Å². The van der Waals surface area contributed by atoms with E-state index in [1.165, 1.54) is 0 Å². The van der Waals surface area contributed by atoms with E-state index in [1.807, 2.05) is 23.6 Å². The summed E-state index contributed by atoms with van der Waals surface area (Å²) in [6.07, 6.45) is 0.578. The van der Waals surface area contributed by atoms with E-state index in [4.69, 9.17) is 39.5 Å². The molecule has 4 nitrogen and oxygen atoms in total. The monoisotopic (exact) mass is 422 g/mol. The first kappa shape index (κ1) is 19.7. The smallest absolute Gasteiger partial charge is 0.358 e. The Kier molecular flexibility index (Phi) is 6.10. The van der Waals surface area contributed by atoms with Crippen molar-refractivity contribution in [2.24, 2.45) is 0 Å². The van der Waals surface area contributed by atoms with E-state index >= 15 is 0 Å². The lowest BCUT2D eigenvalue weighted by Gasteiger charge is -2.13. The van der Waals surface area contributed by atoms with Gasteiger partial charge in [-0.1, -0.05) is 41.7 Å². The van der Waals surface area contributed by atoms with Crippen LogP contribution < -0.4 is 0 Å². The van der Waals surface area contributed by atoms with Crippen molar-refractivity contribution in [2.45, 2.75) is 20.3 Å². The first-order valence-corrected chi connectivity index (χ1v) is 9.59. The molecule has 0 unspecified atom stereocenters. The molecule has 0 spiro atoms. The first-order chi connectivity index (χ1) is 13.0. The first-order valence-electron chi connectivity index (χ1n) is 8.46. The van der Waals surface area contributed by atoms with Crippen molar-refractivity contribution in [3.8, 4) is 17.1 Å². The van der Waals surface area contributed by atoms with E-state index in [0.29, 0.717) is 32.9 Å². The Hall–Kier alpha value is -2.01. The molecule has 0 N–H and O–H groups in total. The summed E-state index contributed by atoms with van der Waals surface area (Å²) in [6.45, 7) is 3.99. The number of aromatic nitrogens is 2. The van der Waals surface area contributed by atoms with E-state index in [-0.39, 0.29) is 12.3 Å². The van der Waals surface area contributed by atoms with Gasteiger partial charge in [0, 0.05) is 21.3 Å². The van der Waals surface area contributed by atoms with E-state index in [1.54, 1.807) is 37.3 Å². The molecule has 0 aliphatic heterocycles.